The van der Waals surface area contributed by atoms with Gasteiger partial charge in [-0.25, -0.2) is 0 Å². The highest BCUT2D eigenvalue weighted by Crippen LogP contribution is 2.35. The predicted octanol–water partition coefficient (Wildman–Crippen LogP) is 4.99. The largest absolute Gasteiger partial charge is 0.495 e. The molecule has 3 rings (SSSR count). The van der Waals surface area contributed by atoms with Crippen molar-refractivity contribution in [3.8, 4) is 11.5 Å². The first-order valence-corrected chi connectivity index (χ1v) is 10.1. The molecule has 1 fully saturated rings. The van der Waals surface area contributed by atoms with E-state index in [1.165, 1.54) is 17.6 Å². The Labute approximate surface area is 176 Å². The zero-order valence-electron chi connectivity index (χ0n) is 17.2. The summed E-state index contributed by atoms with van der Waals surface area (Å²) in [6.45, 7) is 6.73. The average molecular weight is 416 g/mol. The van der Waals surface area contributed by atoms with Crippen molar-refractivity contribution in [3.05, 3.63) is 53.1 Å². The second kappa shape index (κ2) is 8.46. The van der Waals surface area contributed by atoms with Gasteiger partial charge in [-0.2, -0.15) is 0 Å². The molecule has 1 heterocycles. The highest BCUT2D eigenvalue weighted by Gasteiger charge is 2.37. The molecule has 0 unspecified atom stereocenters. The van der Waals surface area contributed by atoms with Gasteiger partial charge in [0, 0.05) is 18.0 Å². The number of hydrogen-bond acceptors (Lipinski definition) is 4. The number of nitrogens with zero attached hydrogens (tertiary/aromatic N) is 1. The lowest BCUT2D eigenvalue weighted by Gasteiger charge is -2.23. The number of anilines is 1. The number of methoxy groups -OCH3 is 1. The van der Waals surface area contributed by atoms with Gasteiger partial charge in [0.05, 0.1) is 18.7 Å². The van der Waals surface area contributed by atoms with Crippen LogP contribution in [0.4, 0.5) is 5.69 Å². The smallest absolute Gasteiger partial charge is 0.316 e. The molecule has 0 spiro atoms. The van der Waals surface area contributed by atoms with E-state index in [9.17, 15) is 9.59 Å². The minimum absolute atomic E-state index is 0.0664. The number of halogens is 1. The SMILES string of the molecule is CCC(C)(C)c1ccc(OC(=O)[C@@H]2CC(=O)N(c3cc(Cl)ccc3OC)C2)cc1. The summed E-state index contributed by atoms with van der Waals surface area (Å²) in [6.07, 6.45) is 1.11. The van der Waals surface area contributed by atoms with Gasteiger partial charge in [0.25, 0.3) is 0 Å². The molecule has 6 heteroatoms. The summed E-state index contributed by atoms with van der Waals surface area (Å²) in [7, 11) is 1.53. The lowest BCUT2D eigenvalue weighted by molar-refractivity contribution is -0.139. The zero-order chi connectivity index (χ0) is 21.2. The molecule has 2 aromatic carbocycles. The highest BCUT2D eigenvalue weighted by atomic mass is 35.5. The fourth-order valence-corrected chi connectivity index (χ4v) is 3.52. The molecule has 1 amide bonds. The number of ether oxygens (including phenoxy) is 2. The molecule has 0 aromatic heterocycles. The molecule has 154 valence electrons. The second-order valence-corrected chi connectivity index (χ2v) is 8.34. The summed E-state index contributed by atoms with van der Waals surface area (Å²) in [5, 5.41) is 0.495. The second-order valence-electron chi connectivity index (χ2n) is 7.90. The monoisotopic (exact) mass is 415 g/mol. The average Bonchev–Trinajstić information content (AvgIpc) is 3.10. The summed E-state index contributed by atoms with van der Waals surface area (Å²) in [6, 6.07) is 12.6. The third-order valence-electron chi connectivity index (χ3n) is 5.63. The van der Waals surface area contributed by atoms with E-state index >= 15 is 0 Å². The van der Waals surface area contributed by atoms with Crippen LogP contribution in [0.5, 0.6) is 11.5 Å². The molecule has 0 N–H and O–H groups in total. The van der Waals surface area contributed by atoms with Gasteiger partial charge in [-0.15, -0.1) is 0 Å². The highest BCUT2D eigenvalue weighted by molar-refractivity contribution is 6.31. The quantitative estimate of drug-likeness (QED) is 0.492. The normalized spacial score (nSPS) is 16.8. The molecule has 0 radical (unpaired) electrons. The van der Waals surface area contributed by atoms with Gasteiger partial charge >= 0.3 is 5.97 Å². The van der Waals surface area contributed by atoms with E-state index in [0.29, 0.717) is 22.2 Å². The van der Waals surface area contributed by atoms with Crippen molar-refractivity contribution >= 4 is 29.2 Å². The molecule has 0 aliphatic carbocycles. The van der Waals surface area contributed by atoms with Crippen molar-refractivity contribution in [2.45, 2.75) is 39.0 Å². The van der Waals surface area contributed by atoms with Crippen LogP contribution in [0.3, 0.4) is 0 Å². The maximum Gasteiger partial charge on any atom is 0.316 e. The van der Waals surface area contributed by atoms with Crippen LogP contribution in [-0.4, -0.2) is 25.5 Å². The number of amides is 1. The Morgan fingerprint density at radius 2 is 1.90 bits per heavy atom. The molecular weight excluding hydrogens is 390 g/mol. The molecule has 1 aliphatic heterocycles. The van der Waals surface area contributed by atoms with Crippen molar-refractivity contribution in [3.63, 3.8) is 0 Å². The molecule has 0 saturated carbocycles. The van der Waals surface area contributed by atoms with Gasteiger partial charge in [0.15, 0.2) is 0 Å². The number of rotatable bonds is 6. The molecule has 2 aromatic rings. The first-order chi connectivity index (χ1) is 13.7. The van der Waals surface area contributed by atoms with Gasteiger partial charge in [-0.3, -0.25) is 9.59 Å². The summed E-state index contributed by atoms with van der Waals surface area (Å²) < 4.78 is 10.9. The fraction of sp³-hybridized carbons (Fsp3) is 0.391. The molecule has 29 heavy (non-hydrogen) atoms. The predicted molar refractivity (Wildman–Crippen MR) is 114 cm³/mol. The van der Waals surface area contributed by atoms with Gasteiger partial charge in [-0.1, -0.05) is 44.5 Å². The number of hydrogen-bond donors (Lipinski definition) is 0. The number of benzene rings is 2. The number of carbonyl (C=O) groups is 2. The first-order valence-electron chi connectivity index (χ1n) is 9.71. The van der Waals surface area contributed by atoms with Crippen LogP contribution >= 0.6 is 11.6 Å². The van der Waals surface area contributed by atoms with Crippen molar-refractivity contribution < 1.29 is 19.1 Å². The van der Waals surface area contributed by atoms with E-state index in [4.69, 9.17) is 21.1 Å². The van der Waals surface area contributed by atoms with Crippen LogP contribution in [0, 0.1) is 5.92 Å². The summed E-state index contributed by atoms with van der Waals surface area (Å²) in [5.41, 5.74) is 1.82. The van der Waals surface area contributed by atoms with E-state index in [1.807, 2.05) is 12.1 Å². The lowest BCUT2D eigenvalue weighted by Crippen LogP contribution is -2.27. The topological polar surface area (TPSA) is 55.8 Å². The van der Waals surface area contributed by atoms with E-state index in [0.717, 1.165) is 6.42 Å². The Kier molecular flexibility index (Phi) is 6.18. The Hall–Kier alpha value is -2.53. The van der Waals surface area contributed by atoms with Crippen molar-refractivity contribution in [1.29, 1.82) is 0 Å². The maximum atomic E-state index is 12.6. The summed E-state index contributed by atoms with van der Waals surface area (Å²) in [4.78, 5) is 26.7. The fourth-order valence-electron chi connectivity index (χ4n) is 3.35. The number of carbonyl (C=O) groups excluding carboxylic acids is 2. The third-order valence-corrected chi connectivity index (χ3v) is 5.86. The van der Waals surface area contributed by atoms with Gasteiger partial charge in [0.2, 0.25) is 5.91 Å². The van der Waals surface area contributed by atoms with E-state index in [1.54, 1.807) is 30.3 Å². The van der Waals surface area contributed by atoms with Crippen molar-refractivity contribution in [1.82, 2.24) is 0 Å². The summed E-state index contributed by atoms with van der Waals surface area (Å²) >= 11 is 6.08. The molecular formula is C23H26ClNO4. The lowest BCUT2D eigenvalue weighted by atomic mass is 9.82. The minimum Gasteiger partial charge on any atom is -0.495 e. The standard InChI is InChI=1S/C23H26ClNO4/c1-5-23(2,3)16-6-9-18(10-7-16)29-22(27)15-12-21(26)25(14-15)19-13-17(24)8-11-20(19)28-4/h6-11,13,15H,5,12,14H2,1-4H3/t15-/m1/s1. The number of esters is 1. The van der Waals surface area contributed by atoms with E-state index < -0.39 is 11.9 Å². The van der Waals surface area contributed by atoms with Crippen LogP contribution < -0.4 is 14.4 Å². The van der Waals surface area contributed by atoms with Gasteiger partial charge in [0.1, 0.15) is 11.5 Å². The van der Waals surface area contributed by atoms with Crippen molar-refractivity contribution in [2.24, 2.45) is 5.92 Å². The Morgan fingerprint density at radius 1 is 1.21 bits per heavy atom. The minimum atomic E-state index is -0.544. The Balaban J connectivity index is 1.70. The van der Waals surface area contributed by atoms with Crippen LogP contribution in [-0.2, 0) is 15.0 Å². The third kappa shape index (κ3) is 4.56. The van der Waals surface area contributed by atoms with Gasteiger partial charge < -0.3 is 14.4 Å². The first kappa shape index (κ1) is 21.2. The summed E-state index contributed by atoms with van der Waals surface area (Å²) in [5.74, 6) is -0.0994. The van der Waals surface area contributed by atoms with Crippen LogP contribution in [0.1, 0.15) is 39.2 Å². The van der Waals surface area contributed by atoms with Crippen LogP contribution in [0.2, 0.25) is 5.02 Å². The molecule has 1 aliphatic rings. The van der Waals surface area contributed by atoms with Crippen molar-refractivity contribution in [2.75, 3.05) is 18.6 Å². The molecule has 5 nitrogen and oxygen atoms in total. The van der Waals surface area contributed by atoms with Gasteiger partial charge in [-0.05, 0) is 47.7 Å². The zero-order valence-corrected chi connectivity index (χ0v) is 18.0. The van der Waals surface area contributed by atoms with E-state index in [2.05, 4.69) is 20.8 Å². The van der Waals surface area contributed by atoms with E-state index in [-0.39, 0.29) is 24.3 Å². The maximum absolute atomic E-state index is 12.6. The Morgan fingerprint density at radius 3 is 2.52 bits per heavy atom. The molecule has 1 atom stereocenters. The van der Waals surface area contributed by atoms with Crippen LogP contribution in [0.15, 0.2) is 42.5 Å². The molecule has 1 saturated heterocycles. The van der Waals surface area contributed by atoms with Crippen LogP contribution in [0.25, 0.3) is 0 Å². The Bertz CT molecular complexity index is 908. The molecule has 0 bridgehead atoms.